The minimum absolute atomic E-state index is 0.130. The fraction of sp³-hybridized carbons (Fsp3) is 0.400. The van der Waals surface area contributed by atoms with Gasteiger partial charge in [-0.3, -0.25) is 0 Å². The van der Waals surface area contributed by atoms with Crippen LogP contribution in [0.2, 0.25) is 0 Å². The molecule has 2 nitrogen and oxygen atoms in total. The second-order valence-electron chi connectivity index (χ2n) is 3.56. The predicted molar refractivity (Wildman–Crippen MR) is 48.4 cm³/mol. The van der Waals surface area contributed by atoms with Crippen LogP contribution in [0.5, 0.6) is 0 Å². The van der Waals surface area contributed by atoms with E-state index in [2.05, 4.69) is 0 Å². The molecule has 1 aromatic carbocycles. The molecule has 8 heteroatoms. The summed E-state index contributed by atoms with van der Waals surface area (Å²) in [5, 5.41) is 17.7. The maximum atomic E-state index is 12.4. The van der Waals surface area contributed by atoms with Crippen molar-refractivity contribution in [2.75, 3.05) is 0 Å². The molecule has 0 amide bonds. The lowest BCUT2D eigenvalue weighted by atomic mass is 9.91. The van der Waals surface area contributed by atoms with E-state index < -0.39 is 30.1 Å². The van der Waals surface area contributed by atoms with E-state index in [9.17, 15) is 26.3 Å². The Kier molecular flexibility index (Phi) is 3.64. The standard InChI is InChI=1S/C10H8F6O2/c11-9(12,13)8(18,10(14,15)16)7-3-1-6(5-17)2-4-7/h1-4,17-18H,5H2. The highest BCUT2D eigenvalue weighted by Gasteiger charge is 2.71. The minimum atomic E-state index is -5.90. The number of aliphatic hydroxyl groups is 2. The number of benzene rings is 1. The SMILES string of the molecule is OCc1ccc(C(O)(C(F)(F)F)C(F)(F)F)cc1. The Morgan fingerprint density at radius 2 is 1.22 bits per heavy atom. The van der Waals surface area contributed by atoms with Gasteiger partial charge in [0, 0.05) is 5.56 Å². The van der Waals surface area contributed by atoms with E-state index in [4.69, 9.17) is 10.2 Å². The molecule has 102 valence electrons. The first-order valence-electron chi connectivity index (χ1n) is 4.60. The molecular weight excluding hydrogens is 266 g/mol. The third-order valence-corrected chi connectivity index (χ3v) is 2.37. The van der Waals surface area contributed by atoms with Gasteiger partial charge in [-0.25, -0.2) is 0 Å². The number of rotatable bonds is 2. The Balaban J connectivity index is 3.36. The molecular formula is C10H8F6O2. The van der Waals surface area contributed by atoms with Crippen LogP contribution < -0.4 is 0 Å². The summed E-state index contributed by atoms with van der Waals surface area (Å²) in [5.74, 6) is 0. The molecule has 0 aromatic heterocycles. The molecule has 0 atom stereocenters. The van der Waals surface area contributed by atoms with Crippen LogP contribution in [0.25, 0.3) is 0 Å². The van der Waals surface area contributed by atoms with E-state index in [0.717, 1.165) is 12.1 Å². The largest absolute Gasteiger partial charge is 0.430 e. The van der Waals surface area contributed by atoms with E-state index in [-0.39, 0.29) is 5.56 Å². The number of halogens is 6. The summed E-state index contributed by atoms with van der Waals surface area (Å²) in [6, 6.07) is 2.70. The van der Waals surface area contributed by atoms with Gasteiger partial charge in [0.15, 0.2) is 0 Å². The molecule has 0 aliphatic heterocycles. The van der Waals surface area contributed by atoms with Crippen molar-refractivity contribution < 1.29 is 36.6 Å². The Labute approximate surface area is 97.5 Å². The third kappa shape index (κ3) is 2.30. The van der Waals surface area contributed by atoms with Gasteiger partial charge in [0.05, 0.1) is 6.61 Å². The van der Waals surface area contributed by atoms with Crippen molar-refractivity contribution in [3.05, 3.63) is 35.4 Å². The van der Waals surface area contributed by atoms with Crippen LogP contribution in [0.3, 0.4) is 0 Å². The zero-order valence-corrected chi connectivity index (χ0v) is 8.68. The quantitative estimate of drug-likeness (QED) is 0.813. The fourth-order valence-electron chi connectivity index (χ4n) is 1.34. The summed E-state index contributed by atoms with van der Waals surface area (Å²) in [6.07, 6.45) is -11.8. The minimum Gasteiger partial charge on any atom is -0.392 e. The van der Waals surface area contributed by atoms with Gasteiger partial charge < -0.3 is 10.2 Å². The van der Waals surface area contributed by atoms with Gasteiger partial charge in [0.2, 0.25) is 0 Å². The van der Waals surface area contributed by atoms with Gasteiger partial charge in [0.25, 0.3) is 5.60 Å². The maximum Gasteiger partial charge on any atom is 0.430 e. The van der Waals surface area contributed by atoms with Crippen LogP contribution in [-0.4, -0.2) is 22.6 Å². The summed E-state index contributed by atoms with van der Waals surface area (Å²) < 4.78 is 74.7. The van der Waals surface area contributed by atoms with E-state index >= 15 is 0 Å². The summed E-state index contributed by atoms with van der Waals surface area (Å²) >= 11 is 0. The average Bonchev–Trinajstić information content (AvgIpc) is 2.25. The molecule has 0 radical (unpaired) electrons. The molecule has 1 aromatic rings. The van der Waals surface area contributed by atoms with Crippen molar-refractivity contribution in [3.8, 4) is 0 Å². The molecule has 0 bridgehead atoms. The molecule has 0 aliphatic rings. The number of hydrogen-bond acceptors (Lipinski definition) is 2. The zero-order valence-electron chi connectivity index (χ0n) is 8.68. The normalized spacial score (nSPS) is 13.8. The first-order valence-corrected chi connectivity index (χ1v) is 4.60. The predicted octanol–water partition coefficient (Wildman–Crippen LogP) is 2.49. The lowest BCUT2D eigenvalue weighted by Gasteiger charge is -2.32. The van der Waals surface area contributed by atoms with Gasteiger partial charge in [-0.1, -0.05) is 24.3 Å². The first-order chi connectivity index (χ1) is 8.04. The molecule has 0 saturated heterocycles. The number of aliphatic hydroxyl groups excluding tert-OH is 1. The molecule has 0 heterocycles. The van der Waals surface area contributed by atoms with Crippen LogP contribution in [0.4, 0.5) is 26.3 Å². The average molecular weight is 274 g/mol. The molecule has 2 N–H and O–H groups in total. The summed E-state index contributed by atoms with van der Waals surface area (Å²) in [4.78, 5) is 0. The summed E-state index contributed by atoms with van der Waals surface area (Å²) in [5.41, 5.74) is -6.14. The smallest absolute Gasteiger partial charge is 0.392 e. The highest BCUT2D eigenvalue weighted by Crippen LogP contribution is 2.49. The van der Waals surface area contributed by atoms with Crippen LogP contribution >= 0.6 is 0 Å². The van der Waals surface area contributed by atoms with Gasteiger partial charge in [-0.15, -0.1) is 0 Å². The van der Waals surface area contributed by atoms with Gasteiger partial charge >= 0.3 is 12.4 Å². The number of hydrogen-bond donors (Lipinski definition) is 2. The van der Waals surface area contributed by atoms with Gasteiger partial charge in [-0.05, 0) is 5.56 Å². The lowest BCUT2D eigenvalue weighted by molar-refractivity contribution is -0.376. The van der Waals surface area contributed by atoms with E-state index in [1.807, 2.05) is 0 Å². The Hall–Kier alpha value is -1.28. The zero-order chi connectivity index (χ0) is 14.2. The van der Waals surface area contributed by atoms with E-state index in [1.54, 1.807) is 0 Å². The molecule has 0 saturated carbocycles. The van der Waals surface area contributed by atoms with E-state index in [0.29, 0.717) is 12.1 Å². The topological polar surface area (TPSA) is 40.5 Å². The van der Waals surface area contributed by atoms with Crippen LogP contribution in [0.1, 0.15) is 11.1 Å². The van der Waals surface area contributed by atoms with Gasteiger partial charge in [0.1, 0.15) is 0 Å². The lowest BCUT2D eigenvalue weighted by Crippen LogP contribution is -2.53. The van der Waals surface area contributed by atoms with Crippen molar-refractivity contribution >= 4 is 0 Å². The molecule has 0 fully saturated rings. The Morgan fingerprint density at radius 1 is 0.833 bits per heavy atom. The fourth-order valence-corrected chi connectivity index (χ4v) is 1.34. The highest BCUT2D eigenvalue weighted by molar-refractivity contribution is 5.29. The van der Waals surface area contributed by atoms with Gasteiger partial charge in [-0.2, -0.15) is 26.3 Å². The highest BCUT2D eigenvalue weighted by atomic mass is 19.4. The van der Waals surface area contributed by atoms with Crippen molar-refractivity contribution in [2.45, 2.75) is 24.6 Å². The molecule has 18 heavy (non-hydrogen) atoms. The second-order valence-corrected chi connectivity index (χ2v) is 3.56. The molecule has 0 spiro atoms. The first kappa shape index (κ1) is 14.8. The van der Waals surface area contributed by atoms with Crippen LogP contribution in [0, 0.1) is 0 Å². The summed E-state index contributed by atoms with van der Waals surface area (Å²) in [6.45, 7) is -0.531. The van der Waals surface area contributed by atoms with Crippen LogP contribution in [0.15, 0.2) is 24.3 Å². The van der Waals surface area contributed by atoms with Crippen molar-refractivity contribution in [1.29, 1.82) is 0 Å². The van der Waals surface area contributed by atoms with Crippen molar-refractivity contribution in [3.63, 3.8) is 0 Å². The van der Waals surface area contributed by atoms with Crippen LogP contribution in [-0.2, 0) is 12.2 Å². The van der Waals surface area contributed by atoms with E-state index in [1.165, 1.54) is 0 Å². The maximum absolute atomic E-state index is 12.4. The van der Waals surface area contributed by atoms with Crippen molar-refractivity contribution in [2.24, 2.45) is 0 Å². The third-order valence-electron chi connectivity index (χ3n) is 2.37. The summed E-state index contributed by atoms with van der Waals surface area (Å²) in [7, 11) is 0. The molecule has 1 rings (SSSR count). The molecule has 0 unspecified atom stereocenters. The second kappa shape index (κ2) is 4.43. The molecule has 0 aliphatic carbocycles. The Bertz CT molecular complexity index is 392. The monoisotopic (exact) mass is 274 g/mol. The Morgan fingerprint density at radius 3 is 1.50 bits per heavy atom. The van der Waals surface area contributed by atoms with Crippen molar-refractivity contribution in [1.82, 2.24) is 0 Å². The number of alkyl halides is 6.